The van der Waals surface area contributed by atoms with E-state index in [4.69, 9.17) is 43.0 Å². The normalized spacial score (nSPS) is 21.5. The SMILES string of the molecule is COC[C@H]1[C@H](I=O)[C@H](c2cc(OC)c(O)c(OC)c2)c2cc3c(cc2[C@H]1OCCOCCOCCO)OCO3. The van der Waals surface area contributed by atoms with Crippen LogP contribution in [0.1, 0.15) is 28.7 Å². The Kier molecular flexibility index (Phi) is 11.0. The van der Waals surface area contributed by atoms with Gasteiger partial charge in [0.2, 0.25) is 12.5 Å². The number of methoxy groups -OCH3 is 3. The van der Waals surface area contributed by atoms with Gasteiger partial charge in [-0.05, 0) is 41.0 Å². The number of benzene rings is 2. The van der Waals surface area contributed by atoms with Crippen LogP contribution in [0.25, 0.3) is 0 Å². The fourth-order valence-electron chi connectivity index (χ4n) is 5.09. The largest absolute Gasteiger partial charge is 0.502 e. The van der Waals surface area contributed by atoms with Crippen LogP contribution in [0.2, 0.25) is 0 Å². The maximum Gasteiger partial charge on any atom is 0.231 e. The molecular formula is C27H35IO11. The minimum Gasteiger partial charge on any atom is -0.502 e. The van der Waals surface area contributed by atoms with E-state index < -0.39 is 27.3 Å². The third-order valence-corrected chi connectivity index (χ3v) is 9.02. The van der Waals surface area contributed by atoms with Crippen molar-refractivity contribution in [1.82, 2.24) is 0 Å². The number of aliphatic hydroxyl groups excluding tert-OH is 1. The Labute approximate surface area is 237 Å². The molecule has 39 heavy (non-hydrogen) atoms. The lowest BCUT2D eigenvalue weighted by Gasteiger charge is -2.41. The number of aliphatic hydroxyl groups is 1. The van der Waals surface area contributed by atoms with Crippen molar-refractivity contribution in [3.8, 4) is 28.7 Å². The lowest BCUT2D eigenvalue weighted by atomic mass is 9.72. The van der Waals surface area contributed by atoms with Gasteiger partial charge >= 0.3 is 0 Å². The van der Waals surface area contributed by atoms with Crippen molar-refractivity contribution in [2.45, 2.75) is 15.9 Å². The summed E-state index contributed by atoms with van der Waals surface area (Å²) in [6, 6.07) is 7.35. The summed E-state index contributed by atoms with van der Waals surface area (Å²) >= 11 is -1.56. The van der Waals surface area contributed by atoms with Gasteiger partial charge in [-0.1, -0.05) is 0 Å². The van der Waals surface area contributed by atoms with Gasteiger partial charge in [-0.3, -0.25) is 3.07 Å². The second-order valence-corrected chi connectivity index (χ2v) is 10.9. The minimum absolute atomic E-state index is 0.0300. The molecule has 0 saturated heterocycles. The molecule has 0 radical (unpaired) electrons. The molecule has 0 amide bonds. The van der Waals surface area contributed by atoms with Crippen LogP contribution in [0.5, 0.6) is 28.7 Å². The molecule has 216 valence electrons. The second kappa shape index (κ2) is 14.4. The minimum atomic E-state index is -1.56. The van der Waals surface area contributed by atoms with Crippen molar-refractivity contribution in [2.24, 2.45) is 5.92 Å². The van der Waals surface area contributed by atoms with Gasteiger partial charge in [0.15, 0.2) is 23.0 Å². The number of fused-ring (bicyclic) bond motifs is 2. The number of halogens is 1. The van der Waals surface area contributed by atoms with Gasteiger partial charge in [-0.15, -0.1) is 0 Å². The van der Waals surface area contributed by atoms with E-state index in [2.05, 4.69) is 0 Å². The smallest absolute Gasteiger partial charge is 0.231 e. The first-order chi connectivity index (χ1) is 19.1. The zero-order chi connectivity index (χ0) is 27.8. The standard InChI is InChI=1S/C27H35IO11/c1-32-14-19-25(28-31)24(16-10-22(33-2)26(30)23(11-16)34-3)17-12-20-21(39-15-38-20)13-18(17)27(19)37-9-8-36-7-6-35-5-4-29/h10-13,19,24-25,27,29-30H,4-9,14-15H2,1-3H3/t19-,24+,25-,27+/m0/s1. The molecule has 0 fully saturated rings. The topological polar surface area (TPSA) is 131 Å². The zero-order valence-corrected chi connectivity index (χ0v) is 24.4. The van der Waals surface area contributed by atoms with Gasteiger partial charge in [0.1, 0.15) is 21.2 Å². The Morgan fingerprint density at radius 3 is 2.10 bits per heavy atom. The van der Waals surface area contributed by atoms with E-state index in [9.17, 15) is 8.18 Å². The van der Waals surface area contributed by atoms with Crippen molar-refractivity contribution in [3.05, 3.63) is 41.0 Å². The number of rotatable bonds is 15. The first-order valence-electron chi connectivity index (χ1n) is 12.6. The Bertz CT molecular complexity index is 1090. The van der Waals surface area contributed by atoms with Crippen molar-refractivity contribution >= 4 is 21.2 Å². The lowest BCUT2D eigenvalue weighted by molar-refractivity contribution is -0.0510. The van der Waals surface area contributed by atoms with Crippen LogP contribution in [0, 0.1) is 5.92 Å². The number of phenolic OH excluding ortho intramolecular Hbond substituents is 1. The van der Waals surface area contributed by atoms with Crippen molar-refractivity contribution in [3.63, 3.8) is 0 Å². The molecule has 1 aliphatic heterocycles. The van der Waals surface area contributed by atoms with Gasteiger partial charge < -0.3 is 48.1 Å². The van der Waals surface area contributed by atoms with Gasteiger partial charge in [0.05, 0.1) is 70.5 Å². The number of hydrogen-bond donors (Lipinski definition) is 2. The summed E-state index contributed by atoms with van der Waals surface area (Å²) in [5, 5.41) is 19.3. The number of ether oxygens (including phenoxy) is 8. The zero-order valence-electron chi connectivity index (χ0n) is 22.2. The predicted molar refractivity (Wildman–Crippen MR) is 147 cm³/mol. The van der Waals surface area contributed by atoms with E-state index in [0.29, 0.717) is 44.5 Å². The first kappa shape index (κ1) is 29.7. The van der Waals surface area contributed by atoms with E-state index >= 15 is 0 Å². The van der Waals surface area contributed by atoms with Gasteiger partial charge in [0.25, 0.3) is 0 Å². The van der Waals surface area contributed by atoms with Crippen LogP contribution >= 0.6 is 21.2 Å². The highest BCUT2D eigenvalue weighted by Crippen LogP contribution is 2.55. The fourth-order valence-corrected chi connectivity index (χ4v) is 7.14. The molecule has 2 aliphatic rings. The average Bonchev–Trinajstić information content (AvgIpc) is 3.41. The van der Waals surface area contributed by atoms with Crippen molar-refractivity contribution in [1.29, 1.82) is 0 Å². The predicted octanol–water partition coefficient (Wildman–Crippen LogP) is 3.31. The Hall–Kier alpha value is -2.23. The third kappa shape index (κ3) is 6.57. The first-order valence-corrected chi connectivity index (χ1v) is 14.7. The summed E-state index contributed by atoms with van der Waals surface area (Å²) in [5.41, 5.74) is 2.57. The van der Waals surface area contributed by atoms with Crippen LogP contribution in [0.15, 0.2) is 24.3 Å². The molecule has 2 N–H and O–H groups in total. The summed E-state index contributed by atoms with van der Waals surface area (Å²) in [5.74, 6) is 1.07. The maximum absolute atomic E-state index is 13.0. The van der Waals surface area contributed by atoms with Crippen molar-refractivity contribution < 1.29 is 51.2 Å². The fraction of sp³-hybridized carbons (Fsp3) is 0.556. The molecule has 2 aromatic rings. The van der Waals surface area contributed by atoms with Crippen LogP contribution in [0.4, 0.5) is 0 Å². The van der Waals surface area contributed by atoms with E-state index in [0.717, 1.165) is 16.7 Å². The second-order valence-electron chi connectivity index (χ2n) is 8.98. The molecular weight excluding hydrogens is 627 g/mol. The molecule has 0 spiro atoms. The summed E-state index contributed by atoms with van der Waals surface area (Å²) in [6.45, 7) is 2.08. The number of alkyl halides is 1. The van der Waals surface area contributed by atoms with Gasteiger partial charge in [0, 0.05) is 18.9 Å². The van der Waals surface area contributed by atoms with Crippen LogP contribution in [-0.2, 0) is 22.0 Å². The molecule has 1 aliphatic carbocycles. The van der Waals surface area contributed by atoms with Crippen LogP contribution in [-0.4, -0.2) is 88.5 Å². The highest BCUT2D eigenvalue weighted by atomic mass is 127. The molecule has 12 heteroatoms. The maximum atomic E-state index is 13.0. The Morgan fingerprint density at radius 1 is 0.897 bits per heavy atom. The van der Waals surface area contributed by atoms with E-state index in [1.807, 2.05) is 12.1 Å². The third-order valence-electron chi connectivity index (χ3n) is 6.79. The molecule has 0 bridgehead atoms. The van der Waals surface area contributed by atoms with E-state index in [1.54, 1.807) is 19.2 Å². The molecule has 4 atom stereocenters. The molecule has 0 unspecified atom stereocenters. The highest BCUT2D eigenvalue weighted by Gasteiger charge is 2.46. The van der Waals surface area contributed by atoms with E-state index in [1.165, 1.54) is 14.2 Å². The summed E-state index contributed by atoms with van der Waals surface area (Å²) < 4.78 is 57.8. The molecule has 2 aromatic carbocycles. The highest BCUT2D eigenvalue weighted by molar-refractivity contribution is 14.1. The van der Waals surface area contributed by atoms with E-state index in [-0.39, 0.29) is 53.0 Å². The number of hydrogen-bond acceptors (Lipinski definition) is 11. The summed E-state index contributed by atoms with van der Waals surface area (Å²) in [4.78, 5) is 0. The Morgan fingerprint density at radius 2 is 1.51 bits per heavy atom. The molecule has 0 saturated carbocycles. The average molecular weight is 662 g/mol. The van der Waals surface area contributed by atoms with Crippen LogP contribution in [0.3, 0.4) is 0 Å². The molecule has 0 aromatic heterocycles. The van der Waals surface area contributed by atoms with Gasteiger partial charge in [-0.25, -0.2) is 0 Å². The molecule has 4 rings (SSSR count). The lowest BCUT2D eigenvalue weighted by Crippen LogP contribution is -2.39. The van der Waals surface area contributed by atoms with Crippen LogP contribution < -0.4 is 18.9 Å². The Balaban J connectivity index is 1.70. The summed E-state index contributed by atoms with van der Waals surface area (Å²) in [7, 11) is 4.56. The monoisotopic (exact) mass is 662 g/mol. The molecule has 11 nitrogen and oxygen atoms in total. The number of phenols is 1. The van der Waals surface area contributed by atoms with Gasteiger partial charge in [-0.2, -0.15) is 0 Å². The molecule has 1 heterocycles. The summed E-state index contributed by atoms with van der Waals surface area (Å²) in [6.07, 6.45) is -0.431. The van der Waals surface area contributed by atoms with Crippen molar-refractivity contribution in [2.75, 3.05) is 74.4 Å². The number of aromatic hydroxyl groups is 1. The quantitative estimate of drug-likeness (QED) is 0.166.